The van der Waals surface area contributed by atoms with Crippen LogP contribution in [0.3, 0.4) is 0 Å². The summed E-state index contributed by atoms with van der Waals surface area (Å²) in [6.07, 6.45) is 3.40. The average Bonchev–Trinajstić information content (AvgIpc) is 3.19. The molecule has 0 atom stereocenters. The molecule has 1 aliphatic carbocycles. The third-order valence-corrected chi connectivity index (χ3v) is 4.14. The van der Waals surface area contributed by atoms with E-state index in [0.29, 0.717) is 17.8 Å². The highest BCUT2D eigenvalue weighted by Gasteiger charge is 2.40. The number of rotatable bonds is 5. The van der Waals surface area contributed by atoms with Gasteiger partial charge in [0.15, 0.2) is 0 Å². The molecule has 20 heavy (non-hydrogen) atoms. The van der Waals surface area contributed by atoms with Crippen LogP contribution in [0.5, 0.6) is 0 Å². The Morgan fingerprint density at radius 1 is 1.35 bits per heavy atom. The van der Waals surface area contributed by atoms with E-state index in [4.69, 9.17) is 5.11 Å². The lowest BCUT2D eigenvalue weighted by molar-refractivity contribution is 0.0696. The van der Waals surface area contributed by atoms with Crippen LogP contribution in [0.25, 0.3) is 0 Å². The molecule has 2 rings (SSSR count). The third kappa shape index (κ3) is 3.10. The van der Waals surface area contributed by atoms with Gasteiger partial charge >= 0.3 is 12.0 Å². The van der Waals surface area contributed by atoms with Gasteiger partial charge in [-0.3, -0.25) is 0 Å². The fraction of sp³-hybridized carbons (Fsp3) is 0.467. The van der Waals surface area contributed by atoms with Gasteiger partial charge in [-0.25, -0.2) is 9.59 Å². The molecule has 1 aromatic rings. The van der Waals surface area contributed by atoms with E-state index >= 15 is 0 Å². The number of hydrogen-bond acceptors (Lipinski definition) is 2. The second-order valence-electron chi connectivity index (χ2n) is 5.44. The Hall–Kier alpha value is -2.04. The summed E-state index contributed by atoms with van der Waals surface area (Å²) in [5.74, 6) is -0.991. The zero-order valence-electron chi connectivity index (χ0n) is 11.8. The molecular formula is C15H20N2O3. The number of nitrogens with one attached hydrogen (secondary N) is 2. The standard InChI is InChI=1S/C15H20N2O3/c1-3-15(7-8-15)9-16-14(20)17-12-6-4-5-11(10(12)2)13(18)19/h4-6H,3,7-9H2,1-2H3,(H,18,19)(H2,16,17,20). The Kier molecular flexibility index (Phi) is 3.97. The van der Waals surface area contributed by atoms with Gasteiger partial charge in [0.2, 0.25) is 0 Å². The highest BCUT2D eigenvalue weighted by Crippen LogP contribution is 2.47. The van der Waals surface area contributed by atoms with Crippen molar-refractivity contribution >= 4 is 17.7 Å². The van der Waals surface area contributed by atoms with Gasteiger partial charge in [-0.2, -0.15) is 0 Å². The maximum absolute atomic E-state index is 11.9. The summed E-state index contributed by atoms with van der Waals surface area (Å²) in [5, 5.41) is 14.6. The first-order chi connectivity index (χ1) is 9.47. The minimum absolute atomic E-state index is 0.204. The zero-order chi connectivity index (χ0) is 14.8. The first-order valence-corrected chi connectivity index (χ1v) is 6.85. The summed E-state index contributed by atoms with van der Waals surface area (Å²) < 4.78 is 0. The molecule has 5 heteroatoms. The van der Waals surface area contributed by atoms with Crippen LogP contribution in [0.4, 0.5) is 10.5 Å². The molecule has 108 valence electrons. The molecule has 1 saturated carbocycles. The molecular weight excluding hydrogens is 256 g/mol. The Morgan fingerprint density at radius 3 is 2.60 bits per heavy atom. The molecule has 2 amide bonds. The first-order valence-electron chi connectivity index (χ1n) is 6.85. The summed E-state index contributed by atoms with van der Waals surface area (Å²) in [4.78, 5) is 22.9. The third-order valence-electron chi connectivity index (χ3n) is 4.14. The summed E-state index contributed by atoms with van der Waals surface area (Å²) in [6.45, 7) is 4.49. The van der Waals surface area contributed by atoms with Gasteiger partial charge in [0.25, 0.3) is 0 Å². The Balaban J connectivity index is 1.97. The van der Waals surface area contributed by atoms with E-state index in [2.05, 4.69) is 17.6 Å². The van der Waals surface area contributed by atoms with Gasteiger partial charge in [0.1, 0.15) is 0 Å². The van der Waals surface area contributed by atoms with Crippen LogP contribution in [-0.2, 0) is 0 Å². The molecule has 1 aromatic carbocycles. The highest BCUT2D eigenvalue weighted by molar-refractivity contribution is 5.95. The van der Waals surface area contributed by atoms with Crippen molar-refractivity contribution in [3.05, 3.63) is 29.3 Å². The number of amides is 2. The largest absolute Gasteiger partial charge is 0.478 e. The van der Waals surface area contributed by atoms with Gasteiger partial charge in [0.05, 0.1) is 5.56 Å². The summed E-state index contributed by atoms with van der Waals surface area (Å²) >= 11 is 0. The van der Waals surface area contributed by atoms with Gasteiger partial charge in [-0.1, -0.05) is 13.0 Å². The van der Waals surface area contributed by atoms with E-state index < -0.39 is 5.97 Å². The van der Waals surface area contributed by atoms with Crippen molar-refractivity contribution in [1.82, 2.24) is 5.32 Å². The molecule has 0 spiro atoms. The van der Waals surface area contributed by atoms with Crippen molar-refractivity contribution < 1.29 is 14.7 Å². The second-order valence-corrected chi connectivity index (χ2v) is 5.44. The number of urea groups is 1. The number of carboxylic acid groups (broad SMARTS) is 1. The summed E-state index contributed by atoms with van der Waals surface area (Å²) in [6, 6.07) is 4.57. The van der Waals surface area contributed by atoms with Gasteiger partial charge < -0.3 is 15.7 Å². The van der Waals surface area contributed by atoms with Gasteiger partial charge in [-0.15, -0.1) is 0 Å². The van der Waals surface area contributed by atoms with E-state index in [9.17, 15) is 9.59 Å². The lowest BCUT2D eigenvalue weighted by Crippen LogP contribution is -2.33. The van der Waals surface area contributed by atoms with Gasteiger partial charge in [0, 0.05) is 12.2 Å². The molecule has 0 heterocycles. The van der Waals surface area contributed by atoms with E-state index in [1.54, 1.807) is 19.1 Å². The van der Waals surface area contributed by atoms with E-state index in [-0.39, 0.29) is 17.0 Å². The molecule has 0 aromatic heterocycles. The van der Waals surface area contributed by atoms with Crippen LogP contribution in [0.15, 0.2) is 18.2 Å². The minimum Gasteiger partial charge on any atom is -0.478 e. The first kappa shape index (κ1) is 14.4. The van der Waals surface area contributed by atoms with Gasteiger partial charge in [-0.05, 0) is 49.3 Å². The number of anilines is 1. The van der Waals surface area contributed by atoms with Crippen molar-refractivity contribution in [3.8, 4) is 0 Å². The van der Waals surface area contributed by atoms with Crippen molar-refractivity contribution in [2.75, 3.05) is 11.9 Å². The fourth-order valence-corrected chi connectivity index (χ4v) is 2.27. The van der Waals surface area contributed by atoms with E-state index in [1.165, 1.54) is 6.07 Å². The Bertz CT molecular complexity index is 536. The van der Waals surface area contributed by atoms with Crippen LogP contribution >= 0.6 is 0 Å². The number of carboxylic acids is 1. The predicted molar refractivity (Wildman–Crippen MR) is 77.1 cm³/mol. The van der Waals surface area contributed by atoms with Crippen LogP contribution in [0.1, 0.15) is 42.1 Å². The molecule has 0 aliphatic heterocycles. The maximum atomic E-state index is 11.9. The average molecular weight is 276 g/mol. The van der Waals surface area contributed by atoms with E-state index in [0.717, 1.165) is 19.3 Å². The van der Waals surface area contributed by atoms with Crippen LogP contribution < -0.4 is 10.6 Å². The molecule has 0 unspecified atom stereocenters. The maximum Gasteiger partial charge on any atom is 0.336 e. The van der Waals surface area contributed by atoms with Crippen LogP contribution in [-0.4, -0.2) is 23.7 Å². The topological polar surface area (TPSA) is 78.4 Å². The SMILES string of the molecule is CCC1(CNC(=O)Nc2cccc(C(=O)O)c2C)CC1. The monoisotopic (exact) mass is 276 g/mol. The quantitative estimate of drug-likeness (QED) is 0.773. The summed E-state index contributed by atoms with van der Waals surface area (Å²) in [7, 11) is 0. The fourth-order valence-electron chi connectivity index (χ4n) is 2.27. The van der Waals surface area contributed by atoms with Crippen molar-refractivity contribution in [2.24, 2.45) is 5.41 Å². The number of carbonyl (C=O) groups excluding carboxylic acids is 1. The molecule has 1 fully saturated rings. The summed E-state index contributed by atoms with van der Waals surface area (Å²) in [5.41, 5.74) is 1.58. The highest BCUT2D eigenvalue weighted by atomic mass is 16.4. The second kappa shape index (κ2) is 5.53. The smallest absolute Gasteiger partial charge is 0.336 e. The molecule has 0 radical (unpaired) electrons. The number of benzene rings is 1. The molecule has 0 saturated heterocycles. The Labute approximate surface area is 118 Å². The van der Waals surface area contributed by atoms with Crippen LogP contribution in [0.2, 0.25) is 0 Å². The lowest BCUT2D eigenvalue weighted by Gasteiger charge is -2.15. The molecule has 3 N–H and O–H groups in total. The van der Waals surface area contributed by atoms with Crippen LogP contribution in [0, 0.1) is 12.3 Å². The number of carbonyl (C=O) groups is 2. The van der Waals surface area contributed by atoms with Crippen molar-refractivity contribution in [2.45, 2.75) is 33.1 Å². The minimum atomic E-state index is -0.991. The predicted octanol–water partition coefficient (Wildman–Crippen LogP) is 3.00. The number of aromatic carboxylic acids is 1. The Morgan fingerprint density at radius 2 is 2.05 bits per heavy atom. The molecule has 1 aliphatic rings. The number of hydrogen-bond donors (Lipinski definition) is 3. The normalized spacial score (nSPS) is 15.5. The van der Waals surface area contributed by atoms with Crippen molar-refractivity contribution in [1.29, 1.82) is 0 Å². The van der Waals surface area contributed by atoms with Crippen molar-refractivity contribution in [3.63, 3.8) is 0 Å². The molecule has 5 nitrogen and oxygen atoms in total. The lowest BCUT2D eigenvalue weighted by atomic mass is 10.0. The van der Waals surface area contributed by atoms with E-state index in [1.807, 2.05) is 0 Å². The zero-order valence-corrected chi connectivity index (χ0v) is 11.8. The molecule has 0 bridgehead atoms.